The number of carboxylic acids is 2. The molecule has 1 aromatic carbocycles. The summed E-state index contributed by atoms with van der Waals surface area (Å²) in [4.78, 5) is 20.7. The Morgan fingerprint density at radius 2 is 1.59 bits per heavy atom. The van der Waals surface area contributed by atoms with Crippen LogP contribution in [0.4, 0.5) is 4.39 Å². The number of halogens is 1. The molecular weight excluding hydrogens is 403 g/mol. The maximum atomic E-state index is 13.0. The molecule has 1 aliphatic heterocycles. The van der Waals surface area contributed by atoms with Gasteiger partial charge in [0.05, 0.1) is 4.90 Å². The van der Waals surface area contributed by atoms with E-state index < -0.39 is 27.8 Å². The average molecular weight is 428 g/mol. The predicted molar refractivity (Wildman–Crippen MR) is 103 cm³/mol. The lowest BCUT2D eigenvalue weighted by Gasteiger charge is -2.36. The van der Waals surface area contributed by atoms with Crippen LogP contribution in [0.3, 0.4) is 0 Å². The molecule has 29 heavy (non-hydrogen) atoms. The van der Waals surface area contributed by atoms with Crippen molar-refractivity contribution in [2.45, 2.75) is 24.2 Å². The van der Waals surface area contributed by atoms with E-state index in [1.165, 1.54) is 35.0 Å². The Kier molecular flexibility index (Phi) is 8.30. The zero-order chi connectivity index (χ0) is 21.4. The maximum Gasteiger partial charge on any atom is 0.414 e. The van der Waals surface area contributed by atoms with Crippen LogP contribution < -0.4 is 0 Å². The minimum atomic E-state index is -3.51. The molecule has 1 heterocycles. The third-order valence-electron chi connectivity index (χ3n) is 4.86. The van der Waals surface area contributed by atoms with E-state index in [0.29, 0.717) is 19.0 Å². The van der Waals surface area contributed by atoms with E-state index in [2.05, 4.69) is 17.1 Å². The van der Waals surface area contributed by atoms with Crippen molar-refractivity contribution in [3.05, 3.63) is 42.2 Å². The first kappa shape index (κ1) is 23.0. The summed E-state index contributed by atoms with van der Waals surface area (Å²) in [5.41, 5.74) is 0. The number of hydrogen-bond donors (Lipinski definition) is 2. The van der Waals surface area contributed by atoms with Gasteiger partial charge in [-0.1, -0.05) is 12.2 Å². The fourth-order valence-electron chi connectivity index (χ4n) is 3.30. The smallest absolute Gasteiger partial charge is 0.414 e. The molecule has 1 atom stereocenters. The summed E-state index contributed by atoms with van der Waals surface area (Å²) in [5, 5.41) is 14.8. The van der Waals surface area contributed by atoms with Gasteiger partial charge in [-0.25, -0.2) is 22.4 Å². The molecule has 8 nitrogen and oxygen atoms in total. The van der Waals surface area contributed by atoms with Crippen molar-refractivity contribution >= 4 is 22.0 Å². The SMILES string of the molecule is O=C(O)C(=O)O.O=S(=O)(c1ccc(F)cc1)N1CCN(CC2CC=CCC2)CC1. The molecule has 2 aliphatic rings. The monoisotopic (exact) mass is 428 g/mol. The Bertz CT molecular complexity index is 821. The lowest BCUT2D eigenvalue weighted by molar-refractivity contribution is -0.159. The molecule has 0 saturated carbocycles. The molecule has 1 fully saturated rings. The topological polar surface area (TPSA) is 115 Å². The van der Waals surface area contributed by atoms with Gasteiger partial charge in [0.1, 0.15) is 5.82 Å². The van der Waals surface area contributed by atoms with E-state index in [-0.39, 0.29) is 4.90 Å². The van der Waals surface area contributed by atoms with Gasteiger partial charge in [-0.15, -0.1) is 0 Å². The number of hydrogen-bond acceptors (Lipinski definition) is 5. The number of nitrogens with zero attached hydrogens (tertiary/aromatic N) is 2. The second-order valence-electron chi connectivity index (χ2n) is 6.92. The van der Waals surface area contributed by atoms with Crippen LogP contribution in [-0.4, -0.2) is 72.5 Å². The van der Waals surface area contributed by atoms with Gasteiger partial charge < -0.3 is 15.1 Å². The Balaban J connectivity index is 0.000000438. The summed E-state index contributed by atoms with van der Waals surface area (Å²) in [5.74, 6) is -3.37. The first-order valence-corrected chi connectivity index (χ1v) is 10.7. The van der Waals surface area contributed by atoms with E-state index in [4.69, 9.17) is 19.8 Å². The number of rotatable bonds is 4. The Hall–Kier alpha value is -2.30. The van der Waals surface area contributed by atoms with E-state index in [0.717, 1.165) is 32.5 Å². The summed E-state index contributed by atoms with van der Waals surface area (Å²) in [6, 6.07) is 5.07. The normalized spacial score (nSPS) is 20.5. The molecule has 160 valence electrons. The van der Waals surface area contributed by atoms with Crippen LogP contribution in [0.25, 0.3) is 0 Å². The molecule has 0 aromatic heterocycles. The predicted octanol–water partition coefficient (Wildman–Crippen LogP) is 1.64. The zero-order valence-electron chi connectivity index (χ0n) is 15.9. The second kappa shape index (κ2) is 10.5. The highest BCUT2D eigenvalue weighted by Gasteiger charge is 2.29. The summed E-state index contributed by atoms with van der Waals surface area (Å²) in [6.45, 7) is 3.58. The molecule has 3 rings (SSSR count). The van der Waals surface area contributed by atoms with Gasteiger partial charge in [-0.3, -0.25) is 0 Å². The lowest BCUT2D eigenvalue weighted by Crippen LogP contribution is -2.49. The van der Waals surface area contributed by atoms with Crippen molar-refractivity contribution in [2.24, 2.45) is 5.92 Å². The number of carboxylic acid groups (broad SMARTS) is 2. The Morgan fingerprint density at radius 1 is 1.00 bits per heavy atom. The third kappa shape index (κ3) is 6.91. The lowest BCUT2D eigenvalue weighted by atomic mass is 9.94. The molecule has 2 N–H and O–H groups in total. The number of piperazine rings is 1. The Morgan fingerprint density at radius 3 is 2.07 bits per heavy atom. The number of carbonyl (C=O) groups is 2. The number of benzene rings is 1. The minimum Gasteiger partial charge on any atom is -0.473 e. The quantitative estimate of drug-likeness (QED) is 0.553. The molecular formula is C19H25FN2O6S. The molecule has 1 aliphatic carbocycles. The zero-order valence-corrected chi connectivity index (χ0v) is 16.7. The van der Waals surface area contributed by atoms with Crippen LogP contribution in [0.2, 0.25) is 0 Å². The molecule has 1 unspecified atom stereocenters. The molecule has 0 radical (unpaired) electrons. The van der Waals surface area contributed by atoms with Crippen LogP contribution in [0.1, 0.15) is 19.3 Å². The highest BCUT2D eigenvalue weighted by molar-refractivity contribution is 7.89. The van der Waals surface area contributed by atoms with Gasteiger partial charge in [-0.05, 0) is 49.4 Å². The summed E-state index contributed by atoms with van der Waals surface area (Å²) in [7, 11) is -3.51. The van der Waals surface area contributed by atoms with Crippen molar-refractivity contribution in [1.29, 1.82) is 0 Å². The van der Waals surface area contributed by atoms with Crippen molar-refractivity contribution in [3.63, 3.8) is 0 Å². The van der Waals surface area contributed by atoms with Crippen molar-refractivity contribution in [3.8, 4) is 0 Å². The van der Waals surface area contributed by atoms with Gasteiger partial charge in [-0.2, -0.15) is 4.31 Å². The van der Waals surface area contributed by atoms with E-state index >= 15 is 0 Å². The maximum absolute atomic E-state index is 13.0. The van der Waals surface area contributed by atoms with Crippen LogP contribution >= 0.6 is 0 Å². The third-order valence-corrected chi connectivity index (χ3v) is 6.77. The molecule has 1 aromatic rings. The van der Waals surface area contributed by atoms with Crippen molar-refractivity contribution in [1.82, 2.24) is 9.21 Å². The summed E-state index contributed by atoms with van der Waals surface area (Å²) < 4.78 is 39.6. The Labute approximate surface area is 169 Å². The van der Waals surface area contributed by atoms with Crippen LogP contribution in [-0.2, 0) is 19.6 Å². The highest BCUT2D eigenvalue weighted by atomic mass is 32.2. The van der Waals surface area contributed by atoms with E-state index in [1.807, 2.05) is 0 Å². The van der Waals surface area contributed by atoms with E-state index in [9.17, 15) is 12.8 Å². The molecule has 10 heteroatoms. The van der Waals surface area contributed by atoms with Crippen molar-refractivity contribution < 1.29 is 32.6 Å². The summed E-state index contributed by atoms with van der Waals surface area (Å²) >= 11 is 0. The van der Waals surface area contributed by atoms with Gasteiger partial charge in [0, 0.05) is 32.7 Å². The van der Waals surface area contributed by atoms with Crippen LogP contribution in [0, 0.1) is 11.7 Å². The first-order chi connectivity index (χ1) is 13.7. The fraction of sp³-hybridized carbons (Fsp3) is 0.474. The molecule has 1 saturated heterocycles. The summed E-state index contributed by atoms with van der Waals surface area (Å²) in [6.07, 6.45) is 8.01. The van der Waals surface area contributed by atoms with Gasteiger partial charge >= 0.3 is 11.9 Å². The first-order valence-electron chi connectivity index (χ1n) is 9.29. The fourth-order valence-corrected chi connectivity index (χ4v) is 4.72. The number of sulfonamides is 1. The van der Waals surface area contributed by atoms with Crippen molar-refractivity contribution in [2.75, 3.05) is 32.7 Å². The van der Waals surface area contributed by atoms with Crippen LogP contribution in [0.15, 0.2) is 41.3 Å². The highest BCUT2D eigenvalue weighted by Crippen LogP contribution is 2.22. The minimum absolute atomic E-state index is 0.171. The van der Waals surface area contributed by atoms with Gasteiger partial charge in [0.15, 0.2) is 0 Å². The van der Waals surface area contributed by atoms with E-state index in [1.54, 1.807) is 0 Å². The standard InChI is InChI=1S/C17H23FN2O2S.C2H2O4/c18-16-6-8-17(9-7-16)23(21,22)20-12-10-19(11-13-20)14-15-4-2-1-3-5-15;3-1(4)2(5)6/h1-2,6-9,15H,3-5,10-14H2;(H,3,4)(H,5,6). The molecule has 0 bridgehead atoms. The number of allylic oxidation sites excluding steroid dienone is 2. The number of aliphatic carboxylic acids is 2. The molecule has 0 amide bonds. The second-order valence-corrected chi connectivity index (χ2v) is 8.86. The average Bonchev–Trinajstić information content (AvgIpc) is 2.70. The molecule has 0 spiro atoms. The van der Waals surface area contributed by atoms with Crippen LogP contribution in [0.5, 0.6) is 0 Å². The van der Waals surface area contributed by atoms with Gasteiger partial charge in [0.25, 0.3) is 0 Å². The largest absolute Gasteiger partial charge is 0.473 e. The van der Waals surface area contributed by atoms with Gasteiger partial charge in [0.2, 0.25) is 10.0 Å².